The summed E-state index contributed by atoms with van der Waals surface area (Å²) in [6.45, 7) is 1.90. The Bertz CT molecular complexity index is 395. The zero-order valence-electron chi connectivity index (χ0n) is 12.8. The number of aliphatic hydroxyl groups excluding tert-OH is 5. The fourth-order valence-electron chi connectivity index (χ4n) is 3.19. The average molecular weight is 318 g/mol. The Morgan fingerprint density at radius 3 is 2.50 bits per heavy atom. The molecule has 0 aromatic carbocycles. The fraction of sp³-hybridized carbons (Fsp3) is 0.867. The number of allylic oxidation sites excluding steroid dienone is 1. The number of rotatable bonds is 6. The zero-order chi connectivity index (χ0) is 16.3. The van der Waals surface area contributed by atoms with E-state index in [4.69, 9.17) is 14.6 Å². The third kappa shape index (κ3) is 3.68. The van der Waals surface area contributed by atoms with E-state index in [1.165, 1.54) is 5.57 Å². The Hall–Kier alpha value is -0.540. The molecule has 5 N–H and O–H groups in total. The fourth-order valence-corrected chi connectivity index (χ4v) is 3.19. The standard InChI is InChI=1S/C15H26O7/c1-8-2-3-9(10(8)6-16)4-5-21-15-14(20)13(19)12(18)11(7-17)22-15/h9,11-20H,2-7H2,1H3/t9-,11+,12+,13-,14+,15+/m1/s1. The molecule has 0 unspecified atom stereocenters. The highest BCUT2D eigenvalue weighted by molar-refractivity contribution is 5.21. The molecule has 0 spiro atoms. The van der Waals surface area contributed by atoms with E-state index >= 15 is 0 Å². The van der Waals surface area contributed by atoms with Crippen molar-refractivity contribution in [2.45, 2.75) is 56.9 Å². The van der Waals surface area contributed by atoms with Crippen molar-refractivity contribution in [1.29, 1.82) is 0 Å². The summed E-state index contributed by atoms with van der Waals surface area (Å²) >= 11 is 0. The quantitative estimate of drug-likeness (QED) is 0.395. The lowest BCUT2D eigenvalue weighted by molar-refractivity contribution is -0.301. The molecule has 0 saturated carbocycles. The third-order valence-corrected chi connectivity index (χ3v) is 4.68. The van der Waals surface area contributed by atoms with Crippen LogP contribution in [-0.4, -0.2) is 76.1 Å². The van der Waals surface area contributed by atoms with Crippen LogP contribution in [0, 0.1) is 5.92 Å². The van der Waals surface area contributed by atoms with Crippen LogP contribution in [0.1, 0.15) is 26.2 Å². The molecule has 1 fully saturated rings. The minimum atomic E-state index is -1.42. The van der Waals surface area contributed by atoms with Gasteiger partial charge in [0.25, 0.3) is 0 Å². The summed E-state index contributed by atoms with van der Waals surface area (Å²) in [6, 6.07) is 0. The van der Waals surface area contributed by atoms with Gasteiger partial charge in [-0.25, -0.2) is 0 Å². The van der Waals surface area contributed by atoms with Gasteiger partial charge in [0.2, 0.25) is 0 Å². The molecule has 7 heteroatoms. The normalized spacial score (nSPS) is 39.5. The minimum absolute atomic E-state index is 0.0521. The van der Waals surface area contributed by atoms with Crippen LogP contribution in [0.15, 0.2) is 11.1 Å². The molecule has 2 rings (SSSR count). The summed E-state index contributed by atoms with van der Waals surface area (Å²) in [6.07, 6.45) is -3.57. The number of aliphatic hydroxyl groups is 5. The van der Waals surface area contributed by atoms with Crippen LogP contribution in [0.3, 0.4) is 0 Å². The monoisotopic (exact) mass is 318 g/mol. The Labute approximate surface area is 129 Å². The smallest absolute Gasteiger partial charge is 0.186 e. The van der Waals surface area contributed by atoms with E-state index in [1.807, 2.05) is 6.92 Å². The van der Waals surface area contributed by atoms with Gasteiger partial charge in [-0.3, -0.25) is 0 Å². The molecule has 0 aromatic rings. The molecule has 0 radical (unpaired) electrons. The van der Waals surface area contributed by atoms with E-state index in [0.29, 0.717) is 13.0 Å². The highest BCUT2D eigenvalue weighted by Gasteiger charge is 2.44. The van der Waals surface area contributed by atoms with E-state index < -0.39 is 37.3 Å². The van der Waals surface area contributed by atoms with Gasteiger partial charge in [-0.05, 0) is 37.7 Å². The molecule has 2 aliphatic rings. The van der Waals surface area contributed by atoms with Crippen molar-refractivity contribution >= 4 is 0 Å². The lowest BCUT2D eigenvalue weighted by Gasteiger charge is -2.39. The Balaban J connectivity index is 1.84. The highest BCUT2D eigenvalue weighted by atomic mass is 16.7. The second-order valence-electron chi connectivity index (χ2n) is 6.06. The predicted molar refractivity (Wildman–Crippen MR) is 76.8 cm³/mol. The molecule has 1 aliphatic heterocycles. The zero-order valence-corrected chi connectivity index (χ0v) is 12.8. The van der Waals surface area contributed by atoms with Crippen LogP contribution in [0.5, 0.6) is 0 Å². The van der Waals surface area contributed by atoms with Crippen molar-refractivity contribution in [3.05, 3.63) is 11.1 Å². The maximum atomic E-state index is 9.86. The van der Waals surface area contributed by atoms with Gasteiger partial charge >= 0.3 is 0 Å². The molecule has 6 atom stereocenters. The van der Waals surface area contributed by atoms with Gasteiger partial charge in [0.15, 0.2) is 6.29 Å². The minimum Gasteiger partial charge on any atom is -0.394 e. The lowest BCUT2D eigenvalue weighted by Crippen LogP contribution is -2.59. The largest absolute Gasteiger partial charge is 0.394 e. The maximum Gasteiger partial charge on any atom is 0.186 e. The number of hydrogen-bond acceptors (Lipinski definition) is 7. The van der Waals surface area contributed by atoms with Crippen molar-refractivity contribution in [2.75, 3.05) is 19.8 Å². The molecular weight excluding hydrogens is 292 g/mol. The van der Waals surface area contributed by atoms with Gasteiger partial charge in [0.05, 0.1) is 19.8 Å². The molecule has 7 nitrogen and oxygen atoms in total. The molecule has 22 heavy (non-hydrogen) atoms. The molecule has 1 saturated heterocycles. The first-order valence-electron chi connectivity index (χ1n) is 7.71. The van der Waals surface area contributed by atoms with Gasteiger partial charge in [-0.2, -0.15) is 0 Å². The van der Waals surface area contributed by atoms with Crippen molar-refractivity contribution < 1.29 is 35.0 Å². The second-order valence-corrected chi connectivity index (χ2v) is 6.06. The molecular formula is C15H26O7. The van der Waals surface area contributed by atoms with E-state index in [0.717, 1.165) is 18.4 Å². The molecule has 1 aliphatic carbocycles. The Morgan fingerprint density at radius 1 is 1.14 bits per heavy atom. The number of hydrogen-bond donors (Lipinski definition) is 5. The predicted octanol–water partition coefficient (Wildman–Crippen LogP) is -1.09. The summed E-state index contributed by atoms with van der Waals surface area (Å²) in [5.74, 6) is 0.259. The maximum absolute atomic E-state index is 9.86. The van der Waals surface area contributed by atoms with Gasteiger partial charge in [-0.1, -0.05) is 5.57 Å². The summed E-state index contributed by atoms with van der Waals surface area (Å²) < 4.78 is 10.8. The van der Waals surface area contributed by atoms with Crippen LogP contribution in [0.4, 0.5) is 0 Å². The number of ether oxygens (including phenoxy) is 2. The summed E-state index contributed by atoms with van der Waals surface area (Å²) in [4.78, 5) is 0. The van der Waals surface area contributed by atoms with Crippen LogP contribution in [-0.2, 0) is 9.47 Å². The van der Waals surface area contributed by atoms with Crippen molar-refractivity contribution in [1.82, 2.24) is 0 Å². The highest BCUT2D eigenvalue weighted by Crippen LogP contribution is 2.34. The SMILES string of the molecule is CC1=C(CO)[C@@H](CCO[C@H]2O[C@@H](CO)[C@H](O)[C@@H](O)[C@@H]2O)CC1. The second kappa shape index (κ2) is 7.83. The summed E-state index contributed by atoms with van der Waals surface area (Å²) in [5.41, 5.74) is 2.28. The summed E-state index contributed by atoms with van der Waals surface area (Å²) in [5, 5.41) is 47.7. The first-order valence-corrected chi connectivity index (χ1v) is 7.71. The first kappa shape index (κ1) is 17.8. The van der Waals surface area contributed by atoms with Crippen LogP contribution in [0.25, 0.3) is 0 Å². The molecule has 0 bridgehead atoms. The van der Waals surface area contributed by atoms with Crippen molar-refractivity contribution in [3.8, 4) is 0 Å². The third-order valence-electron chi connectivity index (χ3n) is 4.68. The van der Waals surface area contributed by atoms with Gasteiger partial charge in [-0.15, -0.1) is 0 Å². The Kier molecular flexibility index (Phi) is 6.34. The van der Waals surface area contributed by atoms with Crippen LogP contribution in [0.2, 0.25) is 0 Å². The van der Waals surface area contributed by atoms with E-state index in [1.54, 1.807) is 0 Å². The molecule has 1 heterocycles. The van der Waals surface area contributed by atoms with Crippen molar-refractivity contribution in [2.24, 2.45) is 5.92 Å². The van der Waals surface area contributed by atoms with Crippen LogP contribution >= 0.6 is 0 Å². The molecule has 0 aromatic heterocycles. The van der Waals surface area contributed by atoms with Gasteiger partial charge in [0.1, 0.15) is 24.4 Å². The first-order chi connectivity index (χ1) is 10.5. The van der Waals surface area contributed by atoms with Gasteiger partial charge in [0, 0.05) is 0 Å². The Morgan fingerprint density at radius 2 is 1.86 bits per heavy atom. The molecule has 0 amide bonds. The molecule has 128 valence electrons. The van der Waals surface area contributed by atoms with E-state index in [9.17, 15) is 20.4 Å². The topological polar surface area (TPSA) is 120 Å². The van der Waals surface area contributed by atoms with Crippen LogP contribution < -0.4 is 0 Å². The lowest BCUT2D eigenvalue weighted by atomic mass is 9.97. The van der Waals surface area contributed by atoms with Crippen molar-refractivity contribution in [3.63, 3.8) is 0 Å². The van der Waals surface area contributed by atoms with Gasteiger partial charge < -0.3 is 35.0 Å². The average Bonchev–Trinajstić information content (AvgIpc) is 2.87. The summed E-state index contributed by atoms with van der Waals surface area (Å²) in [7, 11) is 0. The van der Waals surface area contributed by atoms with E-state index in [2.05, 4.69) is 0 Å². The van der Waals surface area contributed by atoms with E-state index in [-0.39, 0.29) is 12.5 Å².